The van der Waals surface area contributed by atoms with Gasteiger partial charge in [0.05, 0.1) is 7.11 Å². The Morgan fingerprint density at radius 3 is 2.83 bits per heavy atom. The number of ether oxygens (including phenoxy) is 1. The van der Waals surface area contributed by atoms with Gasteiger partial charge in [0.25, 0.3) is 0 Å². The van der Waals surface area contributed by atoms with Crippen LogP contribution in [0.2, 0.25) is 0 Å². The normalized spacial score (nSPS) is 15.3. The first-order valence-corrected chi connectivity index (χ1v) is 8.89. The van der Waals surface area contributed by atoms with E-state index in [0.717, 1.165) is 37.4 Å². The molecule has 0 radical (unpaired) electrons. The lowest BCUT2D eigenvalue weighted by molar-refractivity contribution is -0.140. The van der Waals surface area contributed by atoms with Gasteiger partial charge in [0, 0.05) is 19.3 Å². The van der Waals surface area contributed by atoms with E-state index in [-0.39, 0.29) is 11.9 Å². The molecule has 2 heterocycles. The van der Waals surface area contributed by atoms with Crippen molar-refractivity contribution in [2.24, 2.45) is 5.92 Å². The van der Waals surface area contributed by atoms with Crippen molar-refractivity contribution in [2.45, 2.75) is 44.9 Å². The molecule has 128 valence electrons. The highest BCUT2D eigenvalue weighted by Crippen LogP contribution is 2.20. The standard InChI is InChI=1S/C15H24N4O3S/c1-22-14(21)4-2-3-13-18-19-15(23-13)17-12(20)6-5-11-7-9-16-10-8-11/h11,16H,2-10H2,1H3,(H,17,19,20). The molecular weight excluding hydrogens is 316 g/mol. The number of hydrogen-bond donors (Lipinski definition) is 2. The minimum atomic E-state index is -0.221. The lowest BCUT2D eigenvalue weighted by Gasteiger charge is -2.21. The third-order valence-electron chi connectivity index (χ3n) is 3.95. The van der Waals surface area contributed by atoms with Crippen molar-refractivity contribution in [1.29, 1.82) is 0 Å². The summed E-state index contributed by atoms with van der Waals surface area (Å²) in [6, 6.07) is 0. The van der Waals surface area contributed by atoms with Gasteiger partial charge in [-0.25, -0.2) is 0 Å². The van der Waals surface area contributed by atoms with Crippen LogP contribution in [0.1, 0.15) is 43.5 Å². The molecule has 1 aromatic rings. The van der Waals surface area contributed by atoms with Crippen molar-refractivity contribution in [3.05, 3.63) is 5.01 Å². The van der Waals surface area contributed by atoms with Gasteiger partial charge in [-0.2, -0.15) is 0 Å². The molecule has 0 saturated carbocycles. The quantitative estimate of drug-likeness (QED) is 0.700. The Morgan fingerprint density at radius 2 is 2.09 bits per heavy atom. The maximum Gasteiger partial charge on any atom is 0.305 e. The molecule has 1 amide bonds. The van der Waals surface area contributed by atoms with E-state index in [0.29, 0.717) is 36.7 Å². The first-order chi connectivity index (χ1) is 11.2. The SMILES string of the molecule is COC(=O)CCCc1nnc(NC(=O)CCC2CCNCC2)s1. The molecule has 23 heavy (non-hydrogen) atoms. The van der Waals surface area contributed by atoms with Crippen LogP contribution in [0.3, 0.4) is 0 Å². The lowest BCUT2D eigenvalue weighted by atomic mass is 9.93. The number of anilines is 1. The Labute approximate surface area is 140 Å². The fraction of sp³-hybridized carbons (Fsp3) is 0.733. The average molecular weight is 340 g/mol. The van der Waals surface area contributed by atoms with E-state index in [1.807, 2.05) is 0 Å². The predicted octanol–water partition coefficient (Wildman–Crippen LogP) is 1.75. The molecule has 1 saturated heterocycles. The van der Waals surface area contributed by atoms with Crippen LogP contribution < -0.4 is 10.6 Å². The molecule has 8 heteroatoms. The second kappa shape index (κ2) is 9.57. The summed E-state index contributed by atoms with van der Waals surface area (Å²) in [5.74, 6) is 0.423. The summed E-state index contributed by atoms with van der Waals surface area (Å²) < 4.78 is 4.59. The van der Waals surface area contributed by atoms with E-state index in [9.17, 15) is 9.59 Å². The maximum absolute atomic E-state index is 12.0. The number of hydrogen-bond acceptors (Lipinski definition) is 7. The zero-order valence-electron chi connectivity index (χ0n) is 13.5. The molecule has 1 aliphatic heterocycles. The van der Waals surface area contributed by atoms with Gasteiger partial charge < -0.3 is 15.4 Å². The van der Waals surface area contributed by atoms with Gasteiger partial charge in [-0.1, -0.05) is 11.3 Å². The summed E-state index contributed by atoms with van der Waals surface area (Å²) in [6.45, 7) is 2.11. The molecule has 7 nitrogen and oxygen atoms in total. The summed E-state index contributed by atoms with van der Waals surface area (Å²) in [6.07, 6.45) is 5.46. The average Bonchev–Trinajstić information content (AvgIpc) is 3.01. The van der Waals surface area contributed by atoms with Crippen LogP contribution in [-0.2, 0) is 20.7 Å². The van der Waals surface area contributed by atoms with Crippen LogP contribution in [-0.4, -0.2) is 42.3 Å². The number of carbonyl (C=O) groups excluding carboxylic acids is 2. The third-order valence-corrected chi connectivity index (χ3v) is 4.85. The minimum absolute atomic E-state index is 0.000735. The third kappa shape index (κ3) is 6.62. The van der Waals surface area contributed by atoms with E-state index in [1.54, 1.807) is 0 Å². The van der Waals surface area contributed by atoms with E-state index < -0.39 is 0 Å². The van der Waals surface area contributed by atoms with Crippen LogP contribution in [0.5, 0.6) is 0 Å². The van der Waals surface area contributed by atoms with Crippen molar-refractivity contribution >= 4 is 28.3 Å². The Bertz CT molecular complexity index is 515. The molecule has 0 atom stereocenters. The molecule has 1 aromatic heterocycles. The highest BCUT2D eigenvalue weighted by Gasteiger charge is 2.15. The number of amides is 1. The predicted molar refractivity (Wildman–Crippen MR) is 88.3 cm³/mol. The Morgan fingerprint density at radius 1 is 1.30 bits per heavy atom. The van der Waals surface area contributed by atoms with Crippen molar-refractivity contribution in [3.8, 4) is 0 Å². The first kappa shape index (κ1) is 17.8. The number of methoxy groups -OCH3 is 1. The molecule has 0 bridgehead atoms. The first-order valence-electron chi connectivity index (χ1n) is 8.07. The van der Waals surface area contributed by atoms with E-state index >= 15 is 0 Å². The number of rotatable bonds is 8. The number of nitrogens with one attached hydrogen (secondary N) is 2. The Kier molecular flexibility index (Phi) is 7.41. The largest absolute Gasteiger partial charge is 0.469 e. The van der Waals surface area contributed by atoms with Crippen LogP contribution in [0.4, 0.5) is 5.13 Å². The molecule has 2 rings (SSSR count). The number of aryl methyl sites for hydroxylation is 1. The summed E-state index contributed by atoms with van der Waals surface area (Å²) in [5, 5.41) is 15.5. The van der Waals surface area contributed by atoms with Crippen LogP contribution in [0, 0.1) is 5.92 Å². The molecule has 0 unspecified atom stereocenters. The topological polar surface area (TPSA) is 93.2 Å². The molecule has 1 fully saturated rings. The van der Waals surface area contributed by atoms with Gasteiger partial charge in [0.1, 0.15) is 5.01 Å². The zero-order chi connectivity index (χ0) is 16.5. The fourth-order valence-corrected chi connectivity index (χ4v) is 3.38. The summed E-state index contributed by atoms with van der Waals surface area (Å²) in [7, 11) is 1.38. The Balaban J connectivity index is 1.66. The Hall–Kier alpha value is -1.54. The van der Waals surface area contributed by atoms with Crippen LogP contribution in [0.15, 0.2) is 0 Å². The van der Waals surface area contributed by atoms with Crippen LogP contribution in [0.25, 0.3) is 0 Å². The minimum Gasteiger partial charge on any atom is -0.469 e. The second-order valence-electron chi connectivity index (χ2n) is 5.71. The molecule has 1 aliphatic rings. The number of aromatic nitrogens is 2. The van der Waals surface area contributed by atoms with Crippen molar-refractivity contribution in [2.75, 3.05) is 25.5 Å². The fourth-order valence-electron chi connectivity index (χ4n) is 2.58. The number of nitrogens with zero attached hydrogens (tertiary/aromatic N) is 2. The summed E-state index contributed by atoms with van der Waals surface area (Å²) >= 11 is 1.37. The number of carbonyl (C=O) groups is 2. The monoisotopic (exact) mass is 340 g/mol. The second-order valence-corrected chi connectivity index (χ2v) is 6.77. The molecule has 0 spiro atoms. The van der Waals surface area contributed by atoms with E-state index in [2.05, 4.69) is 25.6 Å². The van der Waals surface area contributed by atoms with E-state index in [4.69, 9.17) is 0 Å². The van der Waals surface area contributed by atoms with Crippen molar-refractivity contribution in [3.63, 3.8) is 0 Å². The lowest BCUT2D eigenvalue weighted by Crippen LogP contribution is -2.28. The summed E-state index contributed by atoms with van der Waals surface area (Å²) in [4.78, 5) is 23.0. The molecular formula is C15H24N4O3S. The summed E-state index contributed by atoms with van der Waals surface area (Å²) in [5.41, 5.74) is 0. The van der Waals surface area contributed by atoms with Gasteiger partial charge in [-0.05, 0) is 44.7 Å². The van der Waals surface area contributed by atoms with Crippen molar-refractivity contribution < 1.29 is 14.3 Å². The molecule has 0 aromatic carbocycles. The number of piperidine rings is 1. The zero-order valence-corrected chi connectivity index (χ0v) is 14.3. The van der Waals surface area contributed by atoms with Gasteiger partial charge in [0.15, 0.2) is 0 Å². The van der Waals surface area contributed by atoms with Gasteiger partial charge in [-0.15, -0.1) is 10.2 Å². The van der Waals surface area contributed by atoms with E-state index in [1.165, 1.54) is 18.4 Å². The molecule has 2 N–H and O–H groups in total. The highest BCUT2D eigenvalue weighted by atomic mass is 32.1. The molecule has 0 aliphatic carbocycles. The van der Waals surface area contributed by atoms with Gasteiger partial charge in [-0.3, -0.25) is 9.59 Å². The highest BCUT2D eigenvalue weighted by molar-refractivity contribution is 7.15. The number of esters is 1. The van der Waals surface area contributed by atoms with Gasteiger partial charge in [0.2, 0.25) is 11.0 Å². The van der Waals surface area contributed by atoms with Crippen LogP contribution >= 0.6 is 11.3 Å². The smallest absolute Gasteiger partial charge is 0.305 e. The maximum atomic E-state index is 12.0. The van der Waals surface area contributed by atoms with Crippen molar-refractivity contribution in [1.82, 2.24) is 15.5 Å². The van der Waals surface area contributed by atoms with Gasteiger partial charge >= 0.3 is 5.97 Å².